The van der Waals surface area contributed by atoms with E-state index in [4.69, 9.17) is 16.3 Å². The molecule has 0 fully saturated rings. The van der Waals surface area contributed by atoms with Gasteiger partial charge in [0.1, 0.15) is 5.70 Å². The molecule has 3 aromatic carbocycles. The molecule has 0 aliphatic rings. The summed E-state index contributed by atoms with van der Waals surface area (Å²) in [6.45, 7) is 2.00. The smallest absolute Gasteiger partial charge is 0.338 e. The summed E-state index contributed by atoms with van der Waals surface area (Å²) in [7, 11) is 0. The molecule has 2 amide bonds. The average molecular weight is 449 g/mol. The van der Waals surface area contributed by atoms with E-state index in [1.54, 1.807) is 61.5 Å². The summed E-state index contributed by atoms with van der Waals surface area (Å²) in [4.78, 5) is 37.5. The van der Waals surface area contributed by atoms with Crippen LogP contribution in [0.1, 0.15) is 33.2 Å². The van der Waals surface area contributed by atoms with Crippen LogP contribution in [-0.2, 0) is 9.53 Å². The van der Waals surface area contributed by atoms with Gasteiger partial charge in [0, 0.05) is 5.69 Å². The van der Waals surface area contributed by atoms with Crippen LogP contribution < -0.4 is 10.6 Å². The van der Waals surface area contributed by atoms with Crippen molar-refractivity contribution in [2.24, 2.45) is 0 Å². The Hall–Kier alpha value is -3.90. The standard InChI is InChI=1S/C25H21ClN2O4/c1-2-32-25(31)18-12-14-19(15-13-18)27-24(30)22(16-17-8-4-3-5-9-17)28-23(29)20-10-6-7-11-21(20)26/h3-16H,2H2,1H3,(H,27,30)(H,28,29)/b22-16-. The lowest BCUT2D eigenvalue weighted by molar-refractivity contribution is -0.113. The molecule has 0 aliphatic carbocycles. The highest BCUT2D eigenvalue weighted by molar-refractivity contribution is 6.34. The first-order chi connectivity index (χ1) is 15.5. The highest BCUT2D eigenvalue weighted by atomic mass is 35.5. The summed E-state index contributed by atoms with van der Waals surface area (Å²) in [6.07, 6.45) is 1.57. The maximum absolute atomic E-state index is 13.0. The van der Waals surface area contributed by atoms with Crippen molar-refractivity contribution in [1.82, 2.24) is 5.32 Å². The zero-order chi connectivity index (χ0) is 22.9. The van der Waals surface area contributed by atoms with Gasteiger partial charge in [-0.05, 0) is 55.0 Å². The van der Waals surface area contributed by atoms with Crippen LogP contribution >= 0.6 is 11.6 Å². The number of hydrogen-bond acceptors (Lipinski definition) is 4. The van der Waals surface area contributed by atoms with Crippen LogP contribution in [-0.4, -0.2) is 24.4 Å². The van der Waals surface area contributed by atoms with Crippen LogP contribution in [0.3, 0.4) is 0 Å². The Labute approximate surface area is 190 Å². The maximum Gasteiger partial charge on any atom is 0.338 e. The Morgan fingerprint density at radius 3 is 2.22 bits per heavy atom. The van der Waals surface area contributed by atoms with Crippen LogP contribution in [0.2, 0.25) is 5.02 Å². The second-order valence-corrected chi connectivity index (χ2v) is 7.06. The summed E-state index contributed by atoms with van der Waals surface area (Å²) in [5, 5.41) is 5.64. The molecule has 0 heterocycles. The number of rotatable bonds is 7. The molecule has 0 atom stereocenters. The zero-order valence-electron chi connectivity index (χ0n) is 17.3. The minimum absolute atomic E-state index is 0.0376. The number of esters is 1. The largest absolute Gasteiger partial charge is 0.462 e. The molecular weight excluding hydrogens is 428 g/mol. The van der Waals surface area contributed by atoms with E-state index in [2.05, 4.69) is 10.6 Å². The summed E-state index contributed by atoms with van der Waals surface area (Å²) < 4.78 is 4.96. The molecule has 0 radical (unpaired) electrons. The van der Waals surface area contributed by atoms with Gasteiger partial charge in [-0.25, -0.2) is 4.79 Å². The van der Waals surface area contributed by atoms with E-state index in [1.807, 2.05) is 30.3 Å². The van der Waals surface area contributed by atoms with E-state index in [0.717, 1.165) is 5.56 Å². The van der Waals surface area contributed by atoms with E-state index in [0.29, 0.717) is 11.3 Å². The van der Waals surface area contributed by atoms with Crippen molar-refractivity contribution < 1.29 is 19.1 Å². The number of hydrogen-bond donors (Lipinski definition) is 2. The number of anilines is 1. The van der Waals surface area contributed by atoms with Crippen molar-refractivity contribution in [3.05, 3.63) is 106 Å². The molecule has 32 heavy (non-hydrogen) atoms. The minimum Gasteiger partial charge on any atom is -0.462 e. The highest BCUT2D eigenvalue weighted by Gasteiger charge is 2.17. The van der Waals surface area contributed by atoms with Crippen molar-refractivity contribution in [2.45, 2.75) is 6.92 Å². The molecule has 3 rings (SSSR count). The number of carbonyl (C=O) groups is 3. The number of nitrogens with one attached hydrogen (secondary N) is 2. The first-order valence-electron chi connectivity index (χ1n) is 9.89. The lowest BCUT2D eigenvalue weighted by atomic mass is 10.1. The molecule has 162 valence electrons. The molecule has 0 saturated heterocycles. The second kappa shape index (κ2) is 10.9. The van der Waals surface area contributed by atoms with Crippen LogP contribution in [0, 0.1) is 0 Å². The van der Waals surface area contributed by atoms with Gasteiger partial charge < -0.3 is 15.4 Å². The fourth-order valence-corrected chi connectivity index (χ4v) is 3.03. The topological polar surface area (TPSA) is 84.5 Å². The Balaban J connectivity index is 1.82. The number of ether oxygens (including phenoxy) is 1. The van der Waals surface area contributed by atoms with Gasteiger partial charge >= 0.3 is 5.97 Å². The quantitative estimate of drug-likeness (QED) is 0.396. The Kier molecular flexibility index (Phi) is 7.78. The zero-order valence-corrected chi connectivity index (χ0v) is 18.1. The number of amides is 2. The van der Waals surface area contributed by atoms with E-state index < -0.39 is 17.8 Å². The van der Waals surface area contributed by atoms with Gasteiger partial charge in [0.05, 0.1) is 22.8 Å². The molecule has 2 N–H and O–H groups in total. The van der Waals surface area contributed by atoms with E-state index in [1.165, 1.54) is 0 Å². The van der Waals surface area contributed by atoms with Gasteiger partial charge in [0.15, 0.2) is 0 Å². The predicted octanol–water partition coefficient (Wildman–Crippen LogP) is 4.93. The second-order valence-electron chi connectivity index (χ2n) is 6.65. The summed E-state index contributed by atoms with van der Waals surface area (Å²) in [5.41, 5.74) is 1.84. The van der Waals surface area contributed by atoms with Gasteiger partial charge in [-0.15, -0.1) is 0 Å². The molecule has 0 bridgehead atoms. The fourth-order valence-electron chi connectivity index (χ4n) is 2.81. The average Bonchev–Trinajstić information content (AvgIpc) is 2.80. The summed E-state index contributed by atoms with van der Waals surface area (Å²) in [5.74, 6) is -1.48. The monoisotopic (exact) mass is 448 g/mol. The normalized spacial score (nSPS) is 10.9. The Morgan fingerprint density at radius 2 is 1.56 bits per heavy atom. The molecule has 0 spiro atoms. The molecule has 0 unspecified atom stereocenters. The van der Waals surface area contributed by atoms with Gasteiger partial charge in [0.2, 0.25) is 0 Å². The van der Waals surface area contributed by atoms with E-state index in [-0.39, 0.29) is 22.9 Å². The SMILES string of the molecule is CCOC(=O)c1ccc(NC(=O)/C(=C/c2ccccc2)NC(=O)c2ccccc2Cl)cc1. The van der Waals surface area contributed by atoms with Gasteiger partial charge in [-0.2, -0.15) is 0 Å². The third-order valence-corrected chi connectivity index (χ3v) is 4.71. The molecule has 7 heteroatoms. The molecule has 0 aromatic heterocycles. The van der Waals surface area contributed by atoms with Crippen molar-refractivity contribution in [3.63, 3.8) is 0 Å². The van der Waals surface area contributed by atoms with E-state index in [9.17, 15) is 14.4 Å². The maximum atomic E-state index is 13.0. The van der Waals surface area contributed by atoms with Crippen molar-refractivity contribution in [1.29, 1.82) is 0 Å². The van der Waals surface area contributed by atoms with Crippen LogP contribution in [0.4, 0.5) is 5.69 Å². The van der Waals surface area contributed by atoms with Gasteiger partial charge in [0.25, 0.3) is 11.8 Å². The molecule has 0 aliphatic heterocycles. The molecule has 0 saturated carbocycles. The van der Waals surface area contributed by atoms with Crippen LogP contribution in [0.15, 0.2) is 84.6 Å². The third kappa shape index (κ3) is 6.06. The van der Waals surface area contributed by atoms with Crippen LogP contribution in [0.25, 0.3) is 6.08 Å². The highest BCUT2D eigenvalue weighted by Crippen LogP contribution is 2.17. The van der Waals surface area contributed by atoms with Crippen LogP contribution in [0.5, 0.6) is 0 Å². The minimum atomic E-state index is -0.529. The Morgan fingerprint density at radius 1 is 0.906 bits per heavy atom. The van der Waals surface area contributed by atoms with Crippen molar-refractivity contribution in [2.75, 3.05) is 11.9 Å². The van der Waals surface area contributed by atoms with E-state index >= 15 is 0 Å². The molecule has 3 aromatic rings. The first-order valence-corrected chi connectivity index (χ1v) is 10.3. The molecule has 6 nitrogen and oxygen atoms in total. The fraction of sp³-hybridized carbons (Fsp3) is 0.0800. The Bertz CT molecular complexity index is 1140. The summed E-state index contributed by atoms with van der Waals surface area (Å²) in [6, 6.07) is 22.0. The number of carbonyl (C=O) groups excluding carboxylic acids is 3. The number of benzene rings is 3. The van der Waals surface area contributed by atoms with Crippen molar-refractivity contribution >= 4 is 41.1 Å². The lowest BCUT2D eigenvalue weighted by Crippen LogP contribution is -2.31. The predicted molar refractivity (Wildman–Crippen MR) is 124 cm³/mol. The lowest BCUT2D eigenvalue weighted by Gasteiger charge is -2.12. The van der Waals surface area contributed by atoms with Gasteiger partial charge in [-0.1, -0.05) is 54.1 Å². The number of halogens is 1. The summed E-state index contributed by atoms with van der Waals surface area (Å²) >= 11 is 6.12. The first kappa shape index (κ1) is 22.8. The molecular formula is C25H21ClN2O4. The third-order valence-electron chi connectivity index (χ3n) is 4.38. The van der Waals surface area contributed by atoms with Gasteiger partial charge in [-0.3, -0.25) is 9.59 Å². The van der Waals surface area contributed by atoms with Crippen molar-refractivity contribution in [3.8, 4) is 0 Å².